The first kappa shape index (κ1) is 31.7. The van der Waals surface area contributed by atoms with Gasteiger partial charge in [-0.15, -0.1) is 0 Å². The third-order valence-corrected chi connectivity index (χ3v) is 9.43. The lowest BCUT2D eigenvalue weighted by atomic mass is 9.76. The molecule has 222 valence electrons. The highest BCUT2D eigenvalue weighted by Crippen LogP contribution is 2.34. The molecule has 3 aromatic rings. The molecule has 41 heavy (non-hydrogen) atoms. The Balaban J connectivity index is 1.32. The number of nitrogens with zero attached hydrogens (tertiary/aromatic N) is 1. The van der Waals surface area contributed by atoms with Crippen LogP contribution in [0, 0.1) is 5.92 Å². The lowest BCUT2D eigenvalue weighted by Gasteiger charge is -2.37. The number of alkyl halides is 3. The van der Waals surface area contributed by atoms with Crippen molar-refractivity contribution < 1.29 is 13.2 Å². The van der Waals surface area contributed by atoms with E-state index in [1.807, 2.05) is 0 Å². The third kappa shape index (κ3) is 9.62. The predicted octanol–water partition coefficient (Wildman–Crippen LogP) is 9.34. The van der Waals surface area contributed by atoms with E-state index in [0.717, 1.165) is 68.4 Å². The van der Waals surface area contributed by atoms with Crippen molar-refractivity contribution in [1.29, 1.82) is 0 Å². The highest BCUT2D eigenvalue weighted by Gasteiger charge is 2.31. The number of hydrogen-bond donors (Lipinski definition) is 1. The van der Waals surface area contributed by atoms with Gasteiger partial charge in [0.1, 0.15) is 0 Å². The van der Waals surface area contributed by atoms with E-state index in [4.69, 9.17) is 0 Å². The Kier molecular flexibility index (Phi) is 11.8. The van der Waals surface area contributed by atoms with E-state index in [2.05, 4.69) is 78.1 Å². The summed E-state index contributed by atoms with van der Waals surface area (Å²) in [5.41, 5.74) is 3.53. The topological polar surface area (TPSA) is 15.3 Å². The molecular formula is C35H45F3N2S. The van der Waals surface area contributed by atoms with Crippen molar-refractivity contribution in [2.75, 3.05) is 26.2 Å². The molecular weight excluding hydrogens is 537 g/mol. The Morgan fingerprint density at radius 2 is 1.56 bits per heavy atom. The van der Waals surface area contributed by atoms with Gasteiger partial charge < -0.3 is 4.90 Å². The second-order valence-corrected chi connectivity index (χ2v) is 12.8. The first-order valence-corrected chi connectivity index (χ1v) is 16.0. The van der Waals surface area contributed by atoms with Crippen molar-refractivity contribution in [3.63, 3.8) is 0 Å². The van der Waals surface area contributed by atoms with Gasteiger partial charge in [-0.05, 0) is 117 Å². The molecule has 1 aliphatic rings. The molecule has 0 saturated carbocycles. The van der Waals surface area contributed by atoms with Crippen LogP contribution in [0.4, 0.5) is 13.2 Å². The molecule has 6 heteroatoms. The van der Waals surface area contributed by atoms with Gasteiger partial charge in [0.05, 0.1) is 5.56 Å². The maximum Gasteiger partial charge on any atom is 0.416 e. The van der Waals surface area contributed by atoms with E-state index in [1.165, 1.54) is 60.7 Å². The van der Waals surface area contributed by atoms with Crippen LogP contribution in [-0.4, -0.2) is 31.1 Å². The smallest absolute Gasteiger partial charge is 0.303 e. The van der Waals surface area contributed by atoms with Crippen molar-refractivity contribution >= 4 is 11.9 Å². The van der Waals surface area contributed by atoms with E-state index in [9.17, 15) is 13.2 Å². The first-order chi connectivity index (χ1) is 19.8. The van der Waals surface area contributed by atoms with Gasteiger partial charge >= 0.3 is 6.18 Å². The SMILES string of the molecule is CCCc1ccccc1C(C)(CCN1CCC(CCCc2ccccc2)CC1)CNSc1ccc(C(F)(F)F)cc1. The van der Waals surface area contributed by atoms with E-state index >= 15 is 0 Å². The standard InChI is InChI=1S/C35H45F3N2S/c1-3-10-30-15-7-8-16-33(30)34(2,27-39-41-32-19-17-31(18-20-32)35(36,37)38)23-26-40-24-21-29(22-25-40)14-9-13-28-11-5-4-6-12-28/h4-8,11-12,15-20,29,39H,3,9-10,13-14,21-27H2,1-2H3. The molecule has 1 saturated heterocycles. The van der Waals surface area contributed by atoms with Crippen molar-refractivity contribution in [3.05, 3.63) is 101 Å². The summed E-state index contributed by atoms with van der Waals surface area (Å²) in [5.74, 6) is 0.827. The van der Waals surface area contributed by atoms with Gasteiger partial charge in [-0.3, -0.25) is 4.72 Å². The quantitative estimate of drug-likeness (QED) is 0.191. The first-order valence-electron chi connectivity index (χ1n) is 15.2. The van der Waals surface area contributed by atoms with Crippen LogP contribution < -0.4 is 4.72 Å². The third-order valence-electron chi connectivity index (χ3n) is 8.63. The summed E-state index contributed by atoms with van der Waals surface area (Å²) in [6, 6.07) is 25.0. The second kappa shape index (κ2) is 15.3. The van der Waals surface area contributed by atoms with Gasteiger partial charge in [0, 0.05) is 16.9 Å². The number of rotatable bonds is 14. The minimum atomic E-state index is -4.31. The molecule has 1 aliphatic heterocycles. The zero-order valence-corrected chi connectivity index (χ0v) is 25.4. The molecule has 1 heterocycles. The minimum Gasteiger partial charge on any atom is -0.303 e. The number of hydrogen-bond acceptors (Lipinski definition) is 3. The lowest BCUT2D eigenvalue weighted by molar-refractivity contribution is -0.137. The summed E-state index contributed by atoms with van der Waals surface area (Å²) < 4.78 is 42.4. The summed E-state index contributed by atoms with van der Waals surface area (Å²) >= 11 is 1.42. The second-order valence-electron chi connectivity index (χ2n) is 11.8. The number of benzene rings is 3. The fourth-order valence-corrected chi connectivity index (χ4v) is 6.88. The summed E-state index contributed by atoms with van der Waals surface area (Å²) in [7, 11) is 0. The molecule has 0 aromatic heterocycles. The van der Waals surface area contributed by atoms with Crippen LogP contribution in [-0.2, 0) is 24.4 Å². The molecule has 0 amide bonds. The van der Waals surface area contributed by atoms with Gasteiger partial charge in [-0.25, -0.2) is 0 Å². The zero-order chi connectivity index (χ0) is 29.1. The largest absolute Gasteiger partial charge is 0.416 e. The van der Waals surface area contributed by atoms with E-state index in [1.54, 1.807) is 12.1 Å². The molecule has 2 nitrogen and oxygen atoms in total. The average molecular weight is 583 g/mol. The van der Waals surface area contributed by atoms with Gasteiger partial charge in [0.25, 0.3) is 0 Å². The Morgan fingerprint density at radius 3 is 2.24 bits per heavy atom. The summed E-state index contributed by atoms with van der Waals surface area (Å²) in [6.07, 6.45) is 5.18. The van der Waals surface area contributed by atoms with Crippen LogP contribution in [0.5, 0.6) is 0 Å². The van der Waals surface area contributed by atoms with Gasteiger partial charge in [-0.1, -0.05) is 81.3 Å². The predicted molar refractivity (Wildman–Crippen MR) is 166 cm³/mol. The maximum atomic E-state index is 13.0. The van der Waals surface area contributed by atoms with Crippen LogP contribution in [0.3, 0.4) is 0 Å². The molecule has 4 rings (SSSR count). The van der Waals surface area contributed by atoms with Crippen LogP contribution in [0.1, 0.15) is 74.6 Å². The molecule has 1 fully saturated rings. The number of nitrogens with one attached hydrogen (secondary N) is 1. The van der Waals surface area contributed by atoms with E-state index in [-0.39, 0.29) is 5.41 Å². The normalized spacial score (nSPS) is 16.5. The number of likely N-dealkylation sites (tertiary alicyclic amines) is 1. The fourth-order valence-electron chi connectivity index (χ4n) is 6.05. The number of halogens is 3. The summed E-state index contributed by atoms with van der Waals surface area (Å²) in [6.45, 7) is 8.69. The fraction of sp³-hybridized carbons (Fsp3) is 0.486. The zero-order valence-electron chi connectivity index (χ0n) is 24.6. The molecule has 0 aliphatic carbocycles. The molecule has 1 atom stereocenters. The van der Waals surface area contributed by atoms with Crippen molar-refractivity contribution in [2.24, 2.45) is 5.92 Å². The molecule has 0 bridgehead atoms. The molecule has 3 aromatic carbocycles. The average Bonchev–Trinajstić information content (AvgIpc) is 2.98. The van der Waals surface area contributed by atoms with Gasteiger partial charge in [0.15, 0.2) is 0 Å². The molecule has 0 spiro atoms. The Hall–Kier alpha value is -2.28. The molecule has 1 unspecified atom stereocenters. The minimum absolute atomic E-state index is 0.0861. The summed E-state index contributed by atoms with van der Waals surface area (Å²) in [5, 5.41) is 0. The lowest BCUT2D eigenvalue weighted by Crippen LogP contribution is -2.40. The summed E-state index contributed by atoms with van der Waals surface area (Å²) in [4.78, 5) is 3.42. The van der Waals surface area contributed by atoms with Crippen LogP contribution in [0.15, 0.2) is 83.8 Å². The van der Waals surface area contributed by atoms with Crippen LogP contribution in [0.2, 0.25) is 0 Å². The monoisotopic (exact) mass is 582 g/mol. The van der Waals surface area contributed by atoms with Crippen molar-refractivity contribution in [3.8, 4) is 0 Å². The van der Waals surface area contributed by atoms with Crippen molar-refractivity contribution in [2.45, 2.75) is 81.7 Å². The highest BCUT2D eigenvalue weighted by atomic mass is 32.2. The Morgan fingerprint density at radius 1 is 0.878 bits per heavy atom. The highest BCUT2D eigenvalue weighted by molar-refractivity contribution is 7.97. The van der Waals surface area contributed by atoms with Crippen LogP contribution >= 0.6 is 11.9 Å². The molecule has 0 radical (unpaired) electrons. The molecule has 1 N–H and O–H groups in total. The Labute approximate surface area is 249 Å². The van der Waals surface area contributed by atoms with E-state index < -0.39 is 11.7 Å². The maximum absolute atomic E-state index is 13.0. The van der Waals surface area contributed by atoms with E-state index in [0.29, 0.717) is 0 Å². The number of piperidine rings is 1. The van der Waals surface area contributed by atoms with Crippen LogP contribution in [0.25, 0.3) is 0 Å². The number of aryl methyl sites for hydroxylation is 2. The van der Waals surface area contributed by atoms with Crippen molar-refractivity contribution in [1.82, 2.24) is 9.62 Å². The van der Waals surface area contributed by atoms with Gasteiger partial charge in [-0.2, -0.15) is 13.2 Å². The van der Waals surface area contributed by atoms with Gasteiger partial charge in [0.2, 0.25) is 0 Å². The Bertz CT molecular complexity index is 1170.